The van der Waals surface area contributed by atoms with Gasteiger partial charge in [-0.05, 0) is 41.3 Å². The third kappa shape index (κ3) is 11.3. The molecule has 11 heteroatoms. The summed E-state index contributed by atoms with van der Waals surface area (Å²) in [4.78, 5) is 0. The molecule has 0 radical (unpaired) electrons. The smallest absolute Gasteiger partial charge is 0.468 e. The molecular formula is C38H44NO9P. The van der Waals surface area contributed by atoms with Crippen LogP contribution in [-0.2, 0) is 68.3 Å². The number of oxime groups is 1. The first kappa shape index (κ1) is 36.4. The summed E-state index contributed by atoms with van der Waals surface area (Å²) in [6.45, 7) is 4.77. The Hall–Kier alpha value is -3.86. The molecule has 4 aromatic carbocycles. The number of nitrogens with zero attached hydrogens (tertiary/aromatic N) is 1. The molecule has 1 heterocycles. The molecule has 0 aliphatic carbocycles. The van der Waals surface area contributed by atoms with E-state index < -0.39 is 32.2 Å². The highest BCUT2D eigenvalue weighted by atomic mass is 31.2. The van der Waals surface area contributed by atoms with E-state index in [-0.39, 0.29) is 45.5 Å². The number of hydrogen-bond acceptors (Lipinski definition) is 10. The van der Waals surface area contributed by atoms with Gasteiger partial charge in [0.25, 0.3) is 5.90 Å². The minimum Gasteiger partial charge on any atom is -0.468 e. The van der Waals surface area contributed by atoms with Gasteiger partial charge in [0, 0.05) is 0 Å². The molecule has 260 valence electrons. The van der Waals surface area contributed by atoms with Gasteiger partial charge in [0.15, 0.2) is 12.2 Å². The van der Waals surface area contributed by atoms with E-state index in [9.17, 15) is 4.57 Å². The molecule has 5 rings (SSSR count). The largest absolute Gasteiger partial charge is 0.550 e. The van der Waals surface area contributed by atoms with Crippen molar-refractivity contribution in [1.82, 2.24) is 0 Å². The molecule has 0 unspecified atom stereocenters. The number of benzene rings is 4. The Labute approximate surface area is 288 Å². The van der Waals surface area contributed by atoms with Crippen molar-refractivity contribution in [3.8, 4) is 0 Å². The normalized spacial score (nSPS) is 20.2. The Morgan fingerprint density at radius 3 is 1.49 bits per heavy atom. The lowest BCUT2D eigenvalue weighted by atomic mass is 9.98. The number of phosphoric ester groups is 1. The Balaban J connectivity index is 1.50. The Morgan fingerprint density at radius 2 is 1.02 bits per heavy atom. The molecule has 0 saturated carbocycles. The van der Waals surface area contributed by atoms with Crippen molar-refractivity contribution in [2.75, 3.05) is 19.8 Å². The predicted octanol–water partition coefficient (Wildman–Crippen LogP) is 7.87. The van der Waals surface area contributed by atoms with Crippen LogP contribution >= 0.6 is 7.82 Å². The lowest BCUT2D eigenvalue weighted by Gasteiger charge is -2.42. The van der Waals surface area contributed by atoms with Crippen molar-refractivity contribution in [3.05, 3.63) is 144 Å². The van der Waals surface area contributed by atoms with Gasteiger partial charge in [-0.25, -0.2) is 4.57 Å². The summed E-state index contributed by atoms with van der Waals surface area (Å²) in [5.41, 5.74) is 3.87. The molecule has 10 nitrogen and oxygen atoms in total. The van der Waals surface area contributed by atoms with E-state index in [2.05, 4.69) is 5.16 Å². The quantitative estimate of drug-likeness (QED) is 0.0719. The van der Waals surface area contributed by atoms with Crippen LogP contribution in [0.2, 0.25) is 0 Å². The van der Waals surface area contributed by atoms with E-state index in [1.807, 2.05) is 121 Å². The lowest BCUT2D eigenvalue weighted by Crippen LogP contribution is -2.59. The van der Waals surface area contributed by atoms with Gasteiger partial charge in [-0.2, -0.15) is 0 Å². The number of phosphoric acid groups is 1. The maximum atomic E-state index is 13.3. The van der Waals surface area contributed by atoms with E-state index in [1.165, 1.54) is 0 Å². The zero-order valence-corrected chi connectivity index (χ0v) is 28.8. The van der Waals surface area contributed by atoms with Crippen LogP contribution in [0, 0.1) is 0 Å². The van der Waals surface area contributed by atoms with Crippen molar-refractivity contribution in [1.29, 1.82) is 0 Å². The SMILES string of the molecule is CCOP(=O)(OCC)O/N=C1/O[C@H](COCc2ccccc2)[C@@H](OCc2ccccc2)[C@H](OCc2ccccc2)[C@H]1OCc1ccccc1. The highest BCUT2D eigenvalue weighted by Crippen LogP contribution is 2.49. The summed E-state index contributed by atoms with van der Waals surface area (Å²) < 4.78 is 62.0. The number of rotatable bonds is 19. The zero-order valence-electron chi connectivity index (χ0n) is 27.9. The average molecular weight is 690 g/mol. The predicted molar refractivity (Wildman–Crippen MR) is 185 cm³/mol. The highest BCUT2D eigenvalue weighted by Gasteiger charge is 2.48. The van der Waals surface area contributed by atoms with Crippen LogP contribution in [0.4, 0.5) is 0 Å². The van der Waals surface area contributed by atoms with Gasteiger partial charge >= 0.3 is 7.82 Å². The van der Waals surface area contributed by atoms with Crippen molar-refractivity contribution < 1.29 is 41.9 Å². The summed E-state index contributed by atoms with van der Waals surface area (Å²) >= 11 is 0. The van der Waals surface area contributed by atoms with E-state index in [1.54, 1.807) is 13.8 Å². The zero-order chi connectivity index (χ0) is 34.2. The van der Waals surface area contributed by atoms with Gasteiger partial charge in [-0.15, -0.1) is 0 Å². The fourth-order valence-electron chi connectivity index (χ4n) is 5.22. The van der Waals surface area contributed by atoms with Gasteiger partial charge in [-0.1, -0.05) is 121 Å². The molecule has 1 aliphatic heterocycles. The molecule has 0 amide bonds. The summed E-state index contributed by atoms with van der Waals surface area (Å²) in [6.07, 6.45) is -3.09. The van der Waals surface area contributed by atoms with Gasteiger partial charge in [0.05, 0.1) is 46.2 Å². The first-order valence-corrected chi connectivity index (χ1v) is 17.9. The maximum absolute atomic E-state index is 13.3. The third-order valence-electron chi connectivity index (χ3n) is 7.55. The maximum Gasteiger partial charge on any atom is 0.550 e. The molecular weight excluding hydrogens is 645 g/mol. The average Bonchev–Trinajstić information content (AvgIpc) is 3.14. The van der Waals surface area contributed by atoms with Crippen LogP contribution < -0.4 is 0 Å². The summed E-state index contributed by atoms with van der Waals surface area (Å²) in [5, 5.41) is 4.23. The molecule has 1 fully saturated rings. The molecule has 4 aromatic rings. The minimum absolute atomic E-state index is 0.00139. The number of hydrogen-bond donors (Lipinski definition) is 0. The Bertz CT molecular complexity index is 1570. The fourth-order valence-corrected chi connectivity index (χ4v) is 6.20. The Kier molecular flexibility index (Phi) is 14.4. The van der Waals surface area contributed by atoms with Gasteiger partial charge in [0.2, 0.25) is 0 Å². The second kappa shape index (κ2) is 19.4. The van der Waals surface area contributed by atoms with Gasteiger partial charge in [-0.3, -0.25) is 13.7 Å². The van der Waals surface area contributed by atoms with E-state index in [4.69, 9.17) is 37.4 Å². The van der Waals surface area contributed by atoms with Gasteiger partial charge < -0.3 is 23.7 Å². The molecule has 0 spiro atoms. The molecule has 4 atom stereocenters. The van der Waals surface area contributed by atoms with Crippen LogP contribution in [0.15, 0.2) is 126 Å². The minimum atomic E-state index is -4.05. The molecule has 49 heavy (non-hydrogen) atoms. The van der Waals surface area contributed by atoms with Crippen LogP contribution in [0.3, 0.4) is 0 Å². The van der Waals surface area contributed by atoms with Crippen LogP contribution in [0.25, 0.3) is 0 Å². The topological polar surface area (TPSA) is 103 Å². The second-order valence-electron chi connectivity index (χ2n) is 11.2. The highest BCUT2D eigenvalue weighted by molar-refractivity contribution is 7.48. The molecule has 0 aromatic heterocycles. The second-order valence-corrected chi connectivity index (χ2v) is 12.8. The number of ether oxygens (including phenoxy) is 5. The monoisotopic (exact) mass is 689 g/mol. The fraction of sp³-hybridized carbons (Fsp3) is 0.342. The van der Waals surface area contributed by atoms with Gasteiger partial charge in [0.1, 0.15) is 12.2 Å². The molecule has 1 saturated heterocycles. The van der Waals surface area contributed by atoms with Crippen molar-refractivity contribution in [2.24, 2.45) is 5.16 Å². The third-order valence-corrected chi connectivity index (χ3v) is 8.98. The standard InChI is InChI=1S/C38H44NO9P/c1-3-45-49(40,46-4-2)48-39-38-37(44-28-33-23-15-8-16-24-33)36(43-27-32-21-13-7-14-22-32)35(42-26-31-19-11-6-12-20-31)34(47-38)29-41-25-30-17-9-5-10-18-30/h5-24,34-37H,3-4,25-29H2,1-2H3/b39-38+/t34-,35-,36+,37-/m1/s1. The summed E-state index contributed by atoms with van der Waals surface area (Å²) in [7, 11) is -4.05. The van der Waals surface area contributed by atoms with Crippen LogP contribution in [0.5, 0.6) is 0 Å². The van der Waals surface area contributed by atoms with E-state index in [0.29, 0.717) is 6.61 Å². The molecule has 1 aliphatic rings. The first-order valence-electron chi connectivity index (χ1n) is 16.5. The van der Waals surface area contributed by atoms with Crippen molar-refractivity contribution >= 4 is 13.7 Å². The van der Waals surface area contributed by atoms with Crippen LogP contribution in [0.1, 0.15) is 36.1 Å². The summed E-state index contributed by atoms with van der Waals surface area (Å²) in [5.74, 6) is 0.00139. The van der Waals surface area contributed by atoms with Crippen molar-refractivity contribution in [2.45, 2.75) is 64.7 Å². The van der Waals surface area contributed by atoms with E-state index >= 15 is 0 Å². The first-order chi connectivity index (χ1) is 24.1. The lowest BCUT2D eigenvalue weighted by molar-refractivity contribution is -0.197. The molecule has 0 bridgehead atoms. The van der Waals surface area contributed by atoms with Crippen LogP contribution in [-0.4, -0.2) is 50.1 Å². The van der Waals surface area contributed by atoms with Crippen molar-refractivity contribution in [3.63, 3.8) is 0 Å². The van der Waals surface area contributed by atoms with E-state index in [0.717, 1.165) is 22.3 Å². The molecule has 0 N–H and O–H groups in total. The summed E-state index contributed by atoms with van der Waals surface area (Å²) in [6, 6.07) is 39.3. The Morgan fingerprint density at radius 1 is 0.592 bits per heavy atom.